The molecule has 2 aliphatic rings. The topological polar surface area (TPSA) is 21.3 Å². The van der Waals surface area contributed by atoms with Gasteiger partial charge in [0.05, 0.1) is 13.2 Å². The molecule has 0 aromatic heterocycles. The average molecular weight is 183 g/mol. The summed E-state index contributed by atoms with van der Waals surface area (Å²) in [6.07, 6.45) is 5.52. The normalized spacial score (nSPS) is 29.1. The number of rotatable bonds is 4. The van der Waals surface area contributed by atoms with E-state index < -0.39 is 0 Å². The molecule has 0 aromatic carbocycles. The zero-order valence-corrected chi connectivity index (χ0v) is 8.86. The lowest BCUT2D eigenvalue weighted by Crippen LogP contribution is -2.61. The zero-order valence-electron chi connectivity index (χ0n) is 8.86. The van der Waals surface area contributed by atoms with Gasteiger partial charge in [0, 0.05) is 12.0 Å². The molecule has 76 valence electrons. The highest BCUT2D eigenvalue weighted by atomic mass is 16.5. The van der Waals surface area contributed by atoms with Crippen LogP contribution >= 0.6 is 0 Å². The minimum absolute atomic E-state index is 0.522. The second-order valence-electron chi connectivity index (χ2n) is 4.79. The number of hydrogen-bond acceptors (Lipinski definition) is 2. The van der Waals surface area contributed by atoms with E-state index in [2.05, 4.69) is 19.3 Å². The van der Waals surface area contributed by atoms with Gasteiger partial charge in [-0.3, -0.25) is 0 Å². The van der Waals surface area contributed by atoms with Crippen LogP contribution in [0.15, 0.2) is 0 Å². The first-order valence-corrected chi connectivity index (χ1v) is 5.51. The van der Waals surface area contributed by atoms with Crippen molar-refractivity contribution in [2.45, 2.75) is 32.6 Å². The van der Waals surface area contributed by atoms with Crippen LogP contribution in [0.25, 0.3) is 0 Å². The van der Waals surface area contributed by atoms with Crippen LogP contribution in [-0.2, 0) is 4.74 Å². The van der Waals surface area contributed by atoms with Gasteiger partial charge in [0.25, 0.3) is 0 Å². The maximum Gasteiger partial charge on any atom is 0.0550 e. The Morgan fingerprint density at radius 1 is 1.23 bits per heavy atom. The van der Waals surface area contributed by atoms with Gasteiger partial charge < -0.3 is 10.1 Å². The molecule has 0 radical (unpaired) electrons. The van der Waals surface area contributed by atoms with Crippen LogP contribution in [0, 0.1) is 10.8 Å². The van der Waals surface area contributed by atoms with Crippen molar-refractivity contribution < 1.29 is 4.74 Å². The molecule has 13 heavy (non-hydrogen) atoms. The van der Waals surface area contributed by atoms with Crippen molar-refractivity contribution in [3.8, 4) is 0 Å². The lowest BCUT2D eigenvalue weighted by molar-refractivity contribution is -0.210. The SMILES string of the molecule is CCC1(C2(CNC)CCC2)COC1. The van der Waals surface area contributed by atoms with Gasteiger partial charge in [0.15, 0.2) is 0 Å². The third-order valence-electron chi connectivity index (χ3n) is 4.38. The molecule has 0 amide bonds. The Balaban J connectivity index is 2.09. The summed E-state index contributed by atoms with van der Waals surface area (Å²) in [5.74, 6) is 0. The molecule has 1 heterocycles. The van der Waals surface area contributed by atoms with Crippen molar-refractivity contribution in [1.29, 1.82) is 0 Å². The summed E-state index contributed by atoms with van der Waals surface area (Å²) in [7, 11) is 2.07. The second kappa shape index (κ2) is 3.25. The maximum atomic E-state index is 5.43. The third-order valence-corrected chi connectivity index (χ3v) is 4.38. The van der Waals surface area contributed by atoms with Gasteiger partial charge in [-0.1, -0.05) is 13.3 Å². The Labute approximate surface area is 81.0 Å². The molecule has 0 spiro atoms. The summed E-state index contributed by atoms with van der Waals surface area (Å²) >= 11 is 0. The molecule has 2 nitrogen and oxygen atoms in total. The van der Waals surface area contributed by atoms with Gasteiger partial charge in [-0.05, 0) is 31.7 Å². The smallest absolute Gasteiger partial charge is 0.0550 e. The molecule has 1 saturated carbocycles. The third kappa shape index (κ3) is 1.15. The molecule has 1 N–H and O–H groups in total. The van der Waals surface area contributed by atoms with Gasteiger partial charge in [-0.25, -0.2) is 0 Å². The van der Waals surface area contributed by atoms with Crippen molar-refractivity contribution in [1.82, 2.24) is 5.32 Å². The first kappa shape index (κ1) is 9.47. The van der Waals surface area contributed by atoms with Crippen molar-refractivity contribution in [3.63, 3.8) is 0 Å². The average Bonchev–Trinajstić information content (AvgIpc) is 1.98. The van der Waals surface area contributed by atoms with Crippen LogP contribution in [-0.4, -0.2) is 26.8 Å². The number of ether oxygens (including phenoxy) is 1. The highest BCUT2D eigenvalue weighted by Gasteiger charge is 2.56. The fraction of sp³-hybridized carbons (Fsp3) is 1.00. The standard InChI is InChI=1S/C11H21NO/c1-3-10(8-13-9-10)11(7-12-2)5-4-6-11/h12H,3-9H2,1-2H3. The predicted octanol–water partition coefficient (Wildman–Crippen LogP) is 1.80. The van der Waals surface area contributed by atoms with E-state index in [0.717, 1.165) is 13.2 Å². The van der Waals surface area contributed by atoms with E-state index in [9.17, 15) is 0 Å². The molecule has 1 saturated heterocycles. The second-order valence-corrected chi connectivity index (χ2v) is 4.79. The van der Waals surface area contributed by atoms with Gasteiger partial charge >= 0.3 is 0 Å². The van der Waals surface area contributed by atoms with Gasteiger partial charge in [-0.15, -0.1) is 0 Å². The van der Waals surface area contributed by atoms with Crippen molar-refractivity contribution in [2.75, 3.05) is 26.8 Å². The molecule has 2 heteroatoms. The molecule has 0 atom stereocenters. The van der Waals surface area contributed by atoms with E-state index in [0.29, 0.717) is 10.8 Å². The predicted molar refractivity (Wildman–Crippen MR) is 53.8 cm³/mol. The highest BCUT2D eigenvalue weighted by molar-refractivity contribution is 5.06. The van der Waals surface area contributed by atoms with Crippen LogP contribution in [0.2, 0.25) is 0 Å². The number of nitrogens with one attached hydrogen (secondary N) is 1. The lowest BCUT2D eigenvalue weighted by atomic mass is 9.51. The molecule has 1 aliphatic carbocycles. The first-order valence-electron chi connectivity index (χ1n) is 5.51. The molecular weight excluding hydrogens is 162 g/mol. The zero-order chi connectivity index (χ0) is 9.36. The van der Waals surface area contributed by atoms with Crippen molar-refractivity contribution >= 4 is 0 Å². The summed E-state index contributed by atoms with van der Waals surface area (Å²) in [5.41, 5.74) is 1.10. The van der Waals surface area contributed by atoms with E-state index in [1.165, 1.54) is 32.2 Å². The minimum atomic E-state index is 0.522. The summed E-state index contributed by atoms with van der Waals surface area (Å²) < 4.78 is 5.43. The first-order chi connectivity index (χ1) is 6.29. The van der Waals surface area contributed by atoms with Crippen LogP contribution in [0.4, 0.5) is 0 Å². The van der Waals surface area contributed by atoms with E-state index >= 15 is 0 Å². The molecule has 0 bridgehead atoms. The molecule has 0 aromatic rings. The fourth-order valence-corrected chi connectivity index (χ4v) is 3.07. The summed E-state index contributed by atoms with van der Waals surface area (Å²) in [6.45, 7) is 5.51. The van der Waals surface area contributed by atoms with Crippen LogP contribution in [0.1, 0.15) is 32.6 Å². The summed E-state index contributed by atoms with van der Waals surface area (Å²) in [6, 6.07) is 0. The maximum absolute atomic E-state index is 5.43. The Hall–Kier alpha value is -0.0800. The summed E-state index contributed by atoms with van der Waals surface area (Å²) in [5, 5.41) is 3.36. The van der Waals surface area contributed by atoms with Crippen molar-refractivity contribution in [2.24, 2.45) is 10.8 Å². The number of hydrogen-bond donors (Lipinski definition) is 1. The minimum Gasteiger partial charge on any atom is -0.380 e. The van der Waals surface area contributed by atoms with E-state index in [1.807, 2.05) is 0 Å². The van der Waals surface area contributed by atoms with E-state index in [4.69, 9.17) is 4.74 Å². The summed E-state index contributed by atoms with van der Waals surface area (Å²) in [4.78, 5) is 0. The van der Waals surface area contributed by atoms with Crippen LogP contribution < -0.4 is 5.32 Å². The quantitative estimate of drug-likeness (QED) is 0.717. The Morgan fingerprint density at radius 3 is 2.15 bits per heavy atom. The van der Waals surface area contributed by atoms with Crippen LogP contribution in [0.5, 0.6) is 0 Å². The largest absolute Gasteiger partial charge is 0.380 e. The highest BCUT2D eigenvalue weighted by Crippen LogP contribution is 2.58. The molecule has 2 fully saturated rings. The van der Waals surface area contributed by atoms with E-state index in [-0.39, 0.29) is 0 Å². The van der Waals surface area contributed by atoms with Gasteiger partial charge in [-0.2, -0.15) is 0 Å². The Kier molecular flexibility index (Phi) is 2.37. The Bertz CT molecular complexity index is 177. The Morgan fingerprint density at radius 2 is 1.92 bits per heavy atom. The fourth-order valence-electron chi connectivity index (χ4n) is 3.07. The monoisotopic (exact) mass is 183 g/mol. The van der Waals surface area contributed by atoms with E-state index in [1.54, 1.807) is 0 Å². The molecule has 0 unspecified atom stereocenters. The molecule has 1 aliphatic heterocycles. The lowest BCUT2D eigenvalue weighted by Gasteiger charge is -2.60. The van der Waals surface area contributed by atoms with Crippen molar-refractivity contribution in [3.05, 3.63) is 0 Å². The van der Waals surface area contributed by atoms with Gasteiger partial charge in [0.1, 0.15) is 0 Å². The van der Waals surface area contributed by atoms with Gasteiger partial charge in [0.2, 0.25) is 0 Å². The molecular formula is C11H21NO. The van der Waals surface area contributed by atoms with Crippen LogP contribution in [0.3, 0.4) is 0 Å². The molecule has 2 rings (SSSR count).